The zero-order valence-electron chi connectivity index (χ0n) is 9.63. The summed E-state index contributed by atoms with van der Waals surface area (Å²) in [6.45, 7) is 6.02. The average Bonchev–Trinajstić information content (AvgIpc) is 2.84. The smallest absolute Gasteiger partial charge is 0.0320 e. The Labute approximate surface area is 119 Å². The maximum atomic E-state index is 3.57. The van der Waals surface area contributed by atoms with E-state index in [-0.39, 0.29) is 0 Å². The van der Waals surface area contributed by atoms with Crippen LogP contribution in [0.5, 0.6) is 0 Å². The minimum absolute atomic E-state index is 0.883. The maximum Gasteiger partial charge on any atom is 0.0320 e. The number of nitrogens with one attached hydrogen (secondary N) is 1. The molecule has 2 fully saturated rings. The van der Waals surface area contributed by atoms with Gasteiger partial charge in [0, 0.05) is 28.6 Å². The highest BCUT2D eigenvalue weighted by Gasteiger charge is 2.35. The molecule has 0 saturated carbocycles. The maximum absolute atomic E-state index is 3.57. The monoisotopic (exact) mass is 358 g/mol. The van der Waals surface area contributed by atoms with E-state index in [9.17, 15) is 0 Å². The molecule has 2 heterocycles. The first-order chi connectivity index (χ1) is 8.22. The lowest BCUT2D eigenvalue weighted by Crippen LogP contribution is -2.25. The first kappa shape index (κ1) is 12.2. The number of nitrogens with zero attached hydrogens (tertiary/aromatic N) is 1. The van der Waals surface area contributed by atoms with Crippen LogP contribution in [0, 0.1) is 11.8 Å². The highest BCUT2D eigenvalue weighted by molar-refractivity contribution is 9.13. The van der Waals surface area contributed by atoms with Crippen LogP contribution in [-0.4, -0.2) is 31.1 Å². The first-order valence-electron chi connectivity index (χ1n) is 6.09. The Kier molecular flexibility index (Phi) is 3.57. The molecule has 0 spiro atoms. The normalized spacial score (nSPS) is 28.6. The minimum atomic E-state index is 0.883. The lowest BCUT2D eigenvalue weighted by Gasteiger charge is -2.17. The highest BCUT2D eigenvalue weighted by Crippen LogP contribution is 2.29. The van der Waals surface area contributed by atoms with Gasteiger partial charge in [0.15, 0.2) is 0 Å². The first-order valence-corrected chi connectivity index (χ1v) is 7.68. The van der Waals surface area contributed by atoms with E-state index < -0.39 is 0 Å². The molecular formula is C13H16Br2N2. The number of fused-ring (bicyclic) bond motifs is 1. The summed E-state index contributed by atoms with van der Waals surface area (Å²) in [4.78, 5) is 2.59. The molecule has 1 aromatic rings. The molecule has 3 rings (SSSR count). The van der Waals surface area contributed by atoms with E-state index in [0.29, 0.717) is 0 Å². The van der Waals surface area contributed by atoms with Crippen molar-refractivity contribution >= 4 is 31.9 Å². The predicted octanol–water partition coefficient (Wildman–Crippen LogP) is 2.86. The van der Waals surface area contributed by atoms with Gasteiger partial charge in [-0.25, -0.2) is 0 Å². The van der Waals surface area contributed by atoms with Gasteiger partial charge < -0.3 is 5.32 Å². The minimum Gasteiger partial charge on any atom is -0.316 e. The Balaban J connectivity index is 1.65. The molecule has 17 heavy (non-hydrogen) atoms. The summed E-state index contributed by atoms with van der Waals surface area (Å²) in [7, 11) is 0. The van der Waals surface area contributed by atoms with Gasteiger partial charge in [0.2, 0.25) is 0 Å². The number of hydrogen-bond donors (Lipinski definition) is 1. The topological polar surface area (TPSA) is 15.3 Å². The molecule has 0 radical (unpaired) electrons. The Hall–Kier alpha value is 0.1000. The molecule has 0 amide bonds. The second kappa shape index (κ2) is 5.00. The van der Waals surface area contributed by atoms with Gasteiger partial charge in [-0.2, -0.15) is 0 Å². The summed E-state index contributed by atoms with van der Waals surface area (Å²) in [5.41, 5.74) is 1.40. The van der Waals surface area contributed by atoms with Crippen molar-refractivity contribution in [3.8, 4) is 0 Å². The van der Waals surface area contributed by atoms with Crippen molar-refractivity contribution in [3.63, 3.8) is 0 Å². The van der Waals surface area contributed by atoms with Crippen molar-refractivity contribution in [2.75, 3.05) is 26.2 Å². The number of rotatable bonds is 2. The second-order valence-corrected chi connectivity index (χ2v) is 6.83. The number of likely N-dealkylation sites (tertiary alicyclic amines) is 1. The van der Waals surface area contributed by atoms with Crippen LogP contribution in [0.3, 0.4) is 0 Å². The van der Waals surface area contributed by atoms with Crippen molar-refractivity contribution in [1.29, 1.82) is 0 Å². The standard InChI is InChI=1S/C13H16Br2N2/c14-12-2-1-9(3-13(12)15)6-17-7-10-4-16-5-11(10)8-17/h1-3,10-11,16H,4-8H2/t10-,11+. The van der Waals surface area contributed by atoms with Crippen LogP contribution in [-0.2, 0) is 6.54 Å². The van der Waals surface area contributed by atoms with Crippen molar-refractivity contribution < 1.29 is 0 Å². The predicted molar refractivity (Wildman–Crippen MR) is 77.0 cm³/mol. The van der Waals surface area contributed by atoms with Crippen LogP contribution in [0.15, 0.2) is 27.1 Å². The van der Waals surface area contributed by atoms with Crippen molar-refractivity contribution in [1.82, 2.24) is 10.2 Å². The number of halogens is 2. The summed E-state index contributed by atoms with van der Waals surface area (Å²) in [5, 5.41) is 3.48. The van der Waals surface area contributed by atoms with Gasteiger partial charge in [-0.3, -0.25) is 4.90 Å². The van der Waals surface area contributed by atoms with E-state index in [2.05, 4.69) is 60.3 Å². The third-order valence-electron chi connectivity index (χ3n) is 3.86. The van der Waals surface area contributed by atoms with Crippen LogP contribution in [0.2, 0.25) is 0 Å². The van der Waals surface area contributed by atoms with Crippen LogP contribution in [0.1, 0.15) is 5.56 Å². The molecule has 2 aliphatic rings. The van der Waals surface area contributed by atoms with Gasteiger partial charge >= 0.3 is 0 Å². The molecule has 0 aromatic heterocycles. The molecular weight excluding hydrogens is 344 g/mol. The molecule has 0 aliphatic carbocycles. The zero-order chi connectivity index (χ0) is 11.8. The molecule has 1 N–H and O–H groups in total. The SMILES string of the molecule is Brc1ccc(CN2C[C@H]3CNC[C@H]3C2)cc1Br. The Morgan fingerprint density at radius 3 is 2.47 bits per heavy atom. The van der Waals surface area contributed by atoms with Gasteiger partial charge in [0.1, 0.15) is 0 Å². The third kappa shape index (κ3) is 2.60. The summed E-state index contributed by atoms with van der Waals surface area (Å²) >= 11 is 7.08. The van der Waals surface area contributed by atoms with Crippen LogP contribution in [0.25, 0.3) is 0 Å². The Morgan fingerprint density at radius 1 is 1.12 bits per heavy atom. The lowest BCUT2D eigenvalue weighted by atomic mass is 10.0. The van der Waals surface area contributed by atoms with E-state index >= 15 is 0 Å². The Morgan fingerprint density at radius 2 is 1.82 bits per heavy atom. The van der Waals surface area contributed by atoms with Crippen LogP contribution >= 0.6 is 31.9 Å². The summed E-state index contributed by atoms with van der Waals surface area (Å²) in [6.07, 6.45) is 0. The second-order valence-electron chi connectivity index (χ2n) is 5.12. The zero-order valence-corrected chi connectivity index (χ0v) is 12.8. The largest absolute Gasteiger partial charge is 0.316 e. The van der Waals surface area contributed by atoms with Crippen molar-refractivity contribution in [2.24, 2.45) is 11.8 Å². The van der Waals surface area contributed by atoms with Crippen molar-refractivity contribution in [2.45, 2.75) is 6.54 Å². The molecule has 92 valence electrons. The summed E-state index contributed by atoms with van der Waals surface area (Å²) in [5.74, 6) is 1.77. The Bertz CT molecular complexity index is 410. The van der Waals surface area contributed by atoms with E-state index in [1.54, 1.807) is 0 Å². The van der Waals surface area contributed by atoms with E-state index in [4.69, 9.17) is 0 Å². The molecule has 4 heteroatoms. The molecule has 2 saturated heterocycles. The summed E-state index contributed by atoms with van der Waals surface area (Å²) in [6, 6.07) is 6.55. The summed E-state index contributed by atoms with van der Waals surface area (Å²) < 4.78 is 2.28. The van der Waals surface area contributed by atoms with Crippen LogP contribution in [0.4, 0.5) is 0 Å². The lowest BCUT2D eigenvalue weighted by molar-refractivity contribution is 0.305. The molecule has 2 atom stereocenters. The van der Waals surface area contributed by atoms with Gasteiger partial charge in [0.25, 0.3) is 0 Å². The van der Waals surface area contributed by atoms with E-state index in [1.807, 2.05) is 0 Å². The molecule has 0 unspecified atom stereocenters. The van der Waals surface area contributed by atoms with Gasteiger partial charge in [0.05, 0.1) is 0 Å². The number of benzene rings is 1. The van der Waals surface area contributed by atoms with E-state index in [0.717, 1.165) is 27.3 Å². The quantitative estimate of drug-likeness (QED) is 0.873. The van der Waals surface area contributed by atoms with E-state index in [1.165, 1.54) is 31.7 Å². The highest BCUT2D eigenvalue weighted by atomic mass is 79.9. The van der Waals surface area contributed by atoms with Gasteiger partial charge in [-0.1, -0.05) is 6.07 Å². The fourth-order valence-electron chi connectivity index (χ4n) is 2.98. The third-order valence-corrected chi connectivity index (χ3v) is 5.73. The van der Waals surface area contributed by atoms with Crippen LogP contribution < -0.4 is 5.32 Å². The van der Waals surface area contributed by atoms with Gasteiger partial charge in [-0.05, 0) is 74.5 Å². The molecule has 1 aromatic carbocycles. The fourth-order valence-corrected chi connectivity index (χ4v) is 3.65. The average molecular weight is 360 g/mol. The molecule has 2 nitrogen and oxygen atoms in total. The van der Waals surface area contributed by atoms with Crippen molar-refractivity contribution in [3.05, 3.63) is 32.7 Å². The number of hydrogen-bond acceptors (Lipinski definition) is 2. The molecule has 0 bridgehead atoms. The molecule has 2 aliphatic heterocycles. The fraction of sp³-hybridized carbons (Fsp3) is 0.538. The van der Waals surface area contributed by atoms with Gasteiger partial charge in [-0.15, -0.1) is 0 Å².